The van der Waals surface area contributed by atoms with E-state index in [-0.39, 0.29) is 30.2 Å². The van der Waals surface area contributed by atoms with Gasteiger partial charge in [-0.15, -0.1) is 0 Å². The number of aliphatic carboxylic acids is 1. The number of hydrogen-bond donors (Lipinski definition) is 2. The molecular formula is C13H17NO6S. The molecule has 0 unspecified atom stereocenters. The summed E-state index contributed by atoms with van der Waals surface area (Å²) in [5.41, 5.74) is 0. The fraction of sp³-hybridized carbons (Fsp3) is 0.385. The largest absolute Gasteiger partial charge is 0.480 e. The first kappa shape index (κ1) is 17.1. The zero-order valence-electron chi connectivity index (χ0n) is 11.3. The molecule has 1 aromatic carbocycles. The van der Waals surface area contributed by atoms with Gasteiger partial charge < -0.3 is 15.2 Å². The summed E-state index contributed by atoms with van der Waals surface area (Å²) in [6, 6.07) is 7.91. The summed E-state index contributed by atoms with van der Waals surface area (Å²) in [6.07, 6.45) is -0.157. The molecule has 0 aromatic heterocycles. The van der Waals surface area contributed by atoms with E-state index in [4.69, 9.17) is 9.84 Å². The van der Waals surface area contributed by atoms with Crippen molar-refractivity contribution in [2.45, 2.75) is 11.3 Å². The average Bonchev–Trinajstić information content (AvgIpc) is 2.45. The molecule has 0 fully saturated rings. The van der Waals surface area contributed by atoms with Crippen molar-refractivity contribution in [1.29, 1.82) is 0 Å². The van der Waals surface area contributed by atoms with Crippen molar-refractivity contribution in [1.82, 2.24) is 5.32 Å². The summed E-state index contributed by atoms with van der Waals surface area (Å²) < 4.78 is 28.6. The zero-order chi connectivity index (χ0) is 15.7. The van der Waals surface area contributed by atoms with E-state index in [2.05, 4.69) is 5.32 Å². The van der Waals surface area contributed by atoms with E-state index >= 15 is 0 Å². The molecule has 8 heteroatoms. The normalized spacial score (nSPS) is 11.0. The highest BCUT2D eigenvalue weighted by molar-refractivity contribution is 7.91. The Morgan fingerprint density at radius 1 is 1.19 bits per heavy atom. The van der Waals surface area contributed by atoms with E-state index in [1.807, 2.05) is 0 Å². The molecule has 0 saturated carbocycles. The van der Waals surface area contributed by atoms with Gasteiger partial charge in [-0.1, -0.05) is 18.2 Å². The smallest absolute Gasteiger partial charge is 0.329 e. The molecule has 7 nitrogen and oxygen atoms in total. The SMILES string of the molecule is O=C(O)COCCNC(=O)CCS(=O)(=O)c1ccccc1. The topological polar surface area (TPSA) is 110 Å². The molecule has 0 radical (unpaired) electrons. The maximum absolute atomic E-state index is 11.9. The number of amides is 1. The molecule has 0 aliphatic heterocycles. The Kier molecular flexibility index (Phi) is 6.83. The van der Waals surface area contributed by atoms with Crippen molar-refractivity contribution in [3.05, 3.63) is 30.3 Å². The Morgan fingerprint density at radius 3 is 2.48 bits per heavy atom. The van der Waals surface area contributed by atoms with Gasteiger partial charge in [0.15, 0.2) is 9.84 Å². The number of nitrogens with one attached hydrogen (secondary N) is 1. The lowest BCUT2D eigenvalue weighted by molar-refractivity contribution is -0.142. The first-order chi connectivity index (χ1) is 9.92. The second-order valence-electron chi connectivity index (χ2n) is 4.18. The van der Waals surface area contributed by atoms with Gasteiger partial charge in [0.05, 0.1) is 17.3 Å². The molecule has 0 aliphatic carbocycles. The number of carbonyl (C=O) groups excluding carboxylic acids is 1. The Labute approximate surface area is 122 Å². The molecule has 0 bridgehead atoms. The third kappa shape index (κ3) is 6.87. The van der Waals surface area contributed by atoms with Crippen LogP contribution in [0.1, 0.15) is 6.42 Å². The Hall–Kier alpha value is -1.93. The fourth-order valence-electron chi connectivity index (χ4n) is 1.48. The van der Waals surface area contributed by atoms with Crippen LogP contribution in [0.5, 0.6) is 0 Å². The summed E-state index contributed by atoms with van der Waals surface area (Å²) in [6.45, 7) is -0.237. The van der Waals surface area contributed by atoms with Crippen LogP contribution in [0.25, 0.3) is 0 Å². The summed E-state index contributed by atoms with van der Waals surface area (Å²) in [7, 11) is -3.47. The van der Waals surface area contributed by atoms with Crippen LogP contribution in [0.15, 0.2) is 35.2 Å². The zero-order valence-corrected chi connectivity index (χ0v) is 12.1. The molecular weight excluding hydrogens is 298 g/mol. The van der Waals surface area contributed by atoms with Crippen LogP contribution in [0, 0.1) is 0 Å². The van der Waals surface area contributed by atoms with Gasteiger partial charge in [0, 0.05) is 13.0 Å². The molecule has 1 aromatic rings. The van der Waals surface area contributed by atoms with Crippen molar-refractivity contribution >= 4 is 21.7 Å². The van der Waals surface area contributed by atoms with Crippen molar-refractivity contribution in [3.8, 4) is 0 Å². The summed E-state index contributed by atoms with van der Waals surface area (Å²) >= 11 is 0. The predicted molar refractivity (Wildman–Crippen MR) is 74.6 cm³/mol. The second-order valence-corrected chi connectivity index (χ2v) is 6.29. The minimum Gasteiger partial charge on any atom is -0.480 e. The fourth-order valence-corrected chi connectivity index (χ4v) is 2.74. The molecule has 0 spiro atoms. The predicted octanol–water partition coefficient (Wildman–Crippen LogP) is 0.0678. The van der Waals surface area contributed by atoms with Gasteiger partial charge in [0.25, 0.3) is 0 Å². The third-order valence-corrected chi connectivity index (χ3v) is 4.23. The van der Waals surface area contributed by atoms with Crippen molar-refractivity contribution in [2.75, 3.05) is 25.5 Å². The van der Waals surface area contributed by atoms with Crippen molar-refractivity contribution in [2.24, 2.45) is 0 Å². The van der Waals surface area contributed by atoms with Crippen LogP contribution in [-0.2, 0) is 24.2 Å². The maximum atomic E-state index is 11.9. The molecule has 0 aliphatic rings. The lowest BCUT2D eigenvalue weighted by Gasteiger charge is -2.06. The minimum atomic E-state index is -3.47. The maximum Gasteiger partial charge on any atom is 0.329 e. The number of hydrogen-bond acceptors (Lipinski definition) is 5. The Bertz CT molecular complexity index is 570. The molecule has 116 valence electrons. The van der Waals surface area contributed by atoms with Crippen LogP contribution in [0.2, 0.25) is 0 Å². The van der Waals surface area contributed by atoms with Gasteiger partial charge in [-0.05, 0) is 12.1 Å². The molecule has 2 N–H and O–H groups in total. The number of sulfone groups is 1. The number of benzene rings is 1. The molecule has 0 saturated heterocycles. The van der Waals surface area contributed by atoms with Crippen LogP contribution < -0.4 is 5.32 Å². The van der Waals surface area contributed by atoms with Gasteiger partial charge in [-0.25, -0.2) is 13.2 Å². The summed E-state index contributed by atoms with van der Waals surface area (Å²) in [5, 5.41) is 10.8. The van der Waals surface area contributed by atoms with Gasteiger partial charge in [-0.3, -0.25) is 4.79 Å². The van der Waals surface area contributed by atoms with E-state index in [0.29, 0.717) is 0 Å². The van der Waals surface area contributed by atoms with Crippen LogP contribution in [-0.4, -0.2) is 50.9 Å². The molecule has 21 heavy (non-hydrogen) atoms. The summed E-state index contributed by atoms with van der Waals surface area (Å²) in [4.78, 5) is 21.8. The third-order valence-electron chi connectivity index (χ3n) is 2.49. The monoisotopic (exact) mass is 315 g/mol. The molecule has 1 rings (SSSR count). The van der Waals surface area contributed by atoms with Gasteiger partial charge in [0.1, 0.15) is 6.61 Å². The average molecular weight is 315 g/mol. The van der Waals surface area contributed by atoms with Crippen molar-refractivity contribution < 1.29 is 27.9 Å². The van der Waals surface area contributed by atoms with Gasteiger partial charge >= 0.3 is 5.97 Å². The Morgan fingerprint density at radius 2 is 1.86 bits per heavy atom. The first-order valence-electron chi connectivity index (χ1n) is 6.26. The quantitative estimate of drug-likeness (QED) is 0.624. The van der Waals surface area contributed by atoms with Gasteiger partial charge in [0.2, 0.25) is 5.91 Å². The van der Waals surface area contributed by atoms with E-state index < -0.39 is 28.3 Å². The number of carboxylic acid groups (broad SMARTS) is 1. The van der Waals surface area contributed by atoms with Crippen molar-refractivity contribution in [3.63, 3.8) is 0 Å². The van der Waals surface area contributed by atoms with Crippen LogP contribution in [0.3, 0.4) is 0 Å². The van der Waals surface area contributed by atoms with Gasteiger partial charge in [-0.2, -0.15) is 0 Å². The summed E-state index contributed by atoms with van der Waals surface area (Å²) in [5.74, 6) is -1.79. The van der Waals surface area contributed by atoms with Crippen LogP contribution >= 0.6 is 0 Å². The van der Waals surface area contributed by atoms with E-state index in [1.54, 1.807) is 18.2 Å². The number of carboxylic acids is 1. The highest BCUT2D eigenvalue weighted by atomic mass is 32.2. The second kappa shape index (κ2) is 8.38. The van der Waals surface area contributed by atoms with E-state index in [1.165, 1.54) is 12.1 Å². The highest BCUT2D eigenvalue weighted by Crippen LogP contribution is 2.10. The lowest BCUT2D eigenvalue weighted by Crippen LogP contribution is -2.29. The first-order valence-corrected chi connectivity index (χ1v) is 7.91. The number of carbonyl (C=O) groups is 2. The molecule has 0 atom stereocenters. The molecule has 1 amide bonds. The minimum absolute atomic E-state index is 0.0590. The molecule has 0 heterocycles. The lowest BCUT2D eigenvalue weighted by atomic mass is 10.4. The van der Waals surface area contributed by atoms with E-state index in [0.717, 1.165) is 0 Å². The van der Waals surface area contributed by atoms with E-state index in [9.17, 15) is 18.0 Å². The number of rotatable bonds is 9. The number of ether oxygens (including phenoxy) is 1. The Balaban J connectivity index is 2.28. The standard InChI is InChI=1S/C13H17NO6S/c15-12(14-7-8-20-10-13(16)17)6-9-21(18,19)11-4-2-1-3-5-11/h1-5H,6-10H2,(H,14,15)(H,16,17). The van der Waals surface area contributed by atoms with Crippen LogP contribution in [0.4, 0.5) is 0 Å². The highest BCUT2D eigenvalue weighted by Gasteiger charge is 2.15.